The van der Waals surface area contributed by atoms with E-state index in [4.69, 9.17) is 4.74 Å². The van der Waals surface area contributed by atoms with E-state index in [1.807, 2.05) is 0 Å². The molecule has 0 aliphatic carbocycles. The highest BCUT2D eigenvalue weighted by Crippen LogP contribution is 2.25. The lowest BCUT2D eigenvalue weighted by Gasteiger charge is -2.21. The van der Waals surface area contributed by atoms with Crippen molar-refractivity contribution in [1.29, 1.82) is 0 Å². The number of nitrogens with one attached hydrogen (secondary N) is 1. The van der Waals surface area contributed by atoms with Gasteiger partial charge in [-0.05, 0) is 37.1 Å². The first kappa shape index (κ1) is 13.0. The minimum atomic E-state index is 0.504. The Balaban J connectivity index is 2.21. The fraction of sp³-hybridized carbons (Fsp3) is 1.00. The third kappa shape index (κ3) is 4.98. The largest absolute Gasteiger partial charge is 0.378 e. The standard InChI is InChI=1S/C13H27NO/c1-10(2)7-13-12(5-6-15-13)9-14-8-11(3)4/h10-14H,5-9H2,1-4H3. The van der Waals surface area contributed by atoms with Gasteiger partial charge in [0.05, 0.1) is 6.10 Å². The lowest BCUT2D eigenvalue weighted by Crippen LogP contribution is -2.31. The zero-order valence-electron chi connectivity index (χ0n) is 10.8. The Morgan fingerprint density at radius 1 is 1.20 bits per heavy atom. The second kappa shape index (κ2) is 6.49. The number of ether oxygens (including phenoxy) is 1. The van der Waals surface area contributed by atoms with Gasteiger partial charge in [-0.2, -0.15) is 0 Å². The fourth-order valence-corrected chi connectivity index (χ4v) is 2.21. The van der Waals surface area contributed by atoms with Crippen LogP contribution in [0, 0.1) is 17.8 Å². The molecular weight excluding hydrogens is 186 g/mol. The van der Waals surface area contributed by atoms with Gasteiger partial charge in [0.2, 0.25) is 0 Å². The molecule has 0 aromatic carbocycles. The second-order valence-electron chi connectivity index (χ2n) is 5.64. The van der Waals surface area contributed by atoms with Gasteiger partial charge in [0.1, 0.15) is 0 Å². The van der Waals surface area contributed by atoms with Crippen LogP contribution in [0.1, 0.15) is 40.5 Å². The second-order valence-corrected chi connectivity index (χ2v) is 5.64. The maximum Gasteiger partial charge on any atom is 0.0618 e. The molecule has 1 fully saturated rings. The first-order valence-electron chi connectivity index (χ1n) is 6.42. The summed E-state index contributed by atoms with van der Waals surface area (Å²) < 4.78 is 5.79. The zero-order valence-corrected chi connectivity index (χ0v) is 10.8. The molecule has 0 bridgehead atoms. The van der Waals surface area contributed by atoms with Gasteiger partial charge in [0.25, 0.3) is 0 Å². The molecule has 0 saturated carbocycles. The summed E-state index contributed by atoms with van der Waals surface area (Å²) in [5, 5.41) is 3.55. The summed E-state index contributed by atoms with van der Waals surface area (Å²) in [6, 6.07) is 0. The van der Waals surface area contributed by atoms with Gasteiger partial charge >= 0.3 is 0 Å². The van der Waals surface area contributed by atoms with Crippen molar-refractivity contribution in [1.82, 2.24) is 5.32 Å². The molecule has 0 amide bonds. The van der Waals surface area contributed by atoms with Crippen molar-refractivity contribution in [3.05, 3.63) is 0 Å². The Kier molecular flexibility index (Phi) is 5.62. The van der Waals surface area contributed by atoms with E-state index in [2.05, 4.69) is 33.0 Å². The minimum absolute atomic E-state index is 0.504. The third-order valence-electron chi connectivity index (χ3n) is 3.01. The Labute approximate surface area is 94.8 Å². The smallest absolute Gasteiger partial charge is 0.0618 e. The van der Waals surface area contributed by atoms with E-state index < -0.39 is 0 Å². The summed E-state index contributed by atoms with van der Waals surface area (Å²) in [7, 11) is 0. The van der Waals surface area contributed by atoms with E-state index in [0.29, 0.717) is 6.10 Å². The van der Waals surface area contributed by atoms with Crippen molar-refractivity contribution in [2.75, 3.05) is 19.7 Å². The van der Waals surface area contributed by atoms with Crippen LogP contribution < -0.4 is 5.32 Å². The summed E-state index contributed by atoms with van der Waals surface area (Å²) in [5.41, 5.74) is 0. The zero-order chi connectivity index (χ0) is 11.3. The average Bonchev–Trinajstić information content (AvgIpc) is 2.51. The van der Waals surface area contributed by atoms with Crippen molar-refractivity contribution in [2.24, 2.45) is 17.8 Å². The molecule has 90 valence electrons. The lowest BCUT2D eigenvalue weighted by atomic mass is 9.94. The summed E-state index contributed by atoms with van der Waals surface area (Å²) in [4.78, 5) is 0. The van der Waals surface area contributed by atoms with Gasteiger partial charge in [0.15, 0.2) is 0 Å². The van der Waals surface area contributed by atoms with Crippen molar-refractivity contribution in [2.45, 2.75) is 46.6 Å². The van der Waals surface area contributed by atoms with Gasteiger partial charge in [-0.1, -0.05) is 27.7 Å². The van der Waals surface area contributed by atoms with Crippen LogP contribution in [0.3, 0.4) is 0 Å². The summed E-state index contributed by atoms with van der Waals surface area (Å²) in [5.74, 6) is 2.24. The van der Waals surface area contributed by atoms with Crippen LogP contribution in [-0.2, 0) is 4.74 Å². The maximum atomic E-state index is 5.79. The van der Waals surface area contributed by atoms with E-state index in [1.165, 1.54) is 12.8 Å². The van der Waals surface area contributed by atoms with Crippen LogP contribution in [0.25, 0.3) is 0 Å². The Bertz CT molecular complexity index is 168. The minimum Gasteiger partial charge on any atom is -0.378 e. The molecule has 2 unspecified atom stereocenters. The van der Waals surface area contributed by atoms with E-state index in [0.717, 1.165) is 37.5 Å². The van der Waals surface area contributed by atoms with Crippen molar-refractivity contribution in [3.8, 4) is 0 Å². The highest BCUT2D eigenvalue weighted by molar-refractivity contribution is 4.79. The maximum absolute atomic E-state index is 5.79. The summed E-state index contributed by atoms with van der Waals surface area (Å²) in [6.45, 7) is 12.3. The quantitative estimate of drug-likeness (QED) is 0.732. The topological polar surface area (TPSA) is 21.3 Å². The molecule has 1 N–H and O–H groups in total. The molecule has 0 aromatic rings. The fourth-order valence-electron chi connectivity index (χ4n) is 2.21. The first-order valence-corrected chi connectivity index (χ1v) is 6.42. The molecular formula is C13H27NO. The molecule has 1 saturated heterocycles. The Hall–Kier alpha value is -0.0800. The summed E-state index contributed by atoms with van der Waals surface area (Å²) in [6.07, 6.45) is 2.96. The van der Waals surface area contributed by atoms with Crippen LogP contribution in [0.15, 0.2) is 0 Å². The molecule has 15 heavy (non-hydrogen) atoms. The van der Waals surface area contributed by atoms with Crippen LogP contribution in [0.2, 0.25) is 0 Å². The van der Waals surface area contributed by atoms with Gasteiger partial charge in [-0.25, -0.2) is 0 Å². The molecule has 1 aliphatic rings. The van der Waals surface area contributed by atoms with Gasteiger partial charge in [-0.3, -0.25) is 0 Å². The van der Waals surface area contributed by atoms with Gasteiger partial charge < -0.3 is 10.1 Å². The summed E-state index contributed by atoms with van der Waals surface area (Å²) >= 11 is 0. The molecule has 1 rings (SSSR count). The van der Waals surface area contributed by atoms with Gasteiger partial charge in [-0.15, -0.1) is 0 Å². The molecule has 2 atom stereocenters. The molecule has 0 aromatic heterocycles. The Morgan fingerprint density at radius 2 is 1.93 bits per heavy atom. The molecule has 2 nitrogen and oxygen atoms in total. The van der Waals surface area contributed by atoms with E-state index in [1.54, 1.807) is 0 Å². The first-order chi connectivity index (χ1) is 7.09. The van der Waals surface area contributed by atoms with Crippen molar-refractivity contribution in [3.63, 3.8) is 0 Å². The third-order valence-corrected chi connectivity index (χ3v) is 3.01. The molecule has 0 spiro atoms. The molecule has 0 radical (unpaired) electrons. The molecule has 2 heteroatoms. The molecule has 1 heterocycles. The molecule has 1 aliphatic heterocycles. The number of rotatable bonds is 6. The van der Waals surface area contributed by atoms with E-state index in [-0.39, 0.29) is 0 Å². The monoisotopic (exact) mass is 213 g/mol. The van der Waals surface area contributed by atoms with Gasteiger partial charge in [0, 0.05) is 13.2 Å². The lowest BCUT2D eigenvalue weighted by molar-refractivity contribution is 0.0729. The predicted molar refractivity (Wildman–Crippen MR) is 65.0 cm³/mol. The average molecular weight is 213 g/mol. The van der Waals surface area contributed by atoms with Crippen LogP contribution in [0.4, 0.5) is 0 Å². The van der Waals surface area contributed by atoms with Crippen LogP contribution in [0.5, 0.6) is 0 Å². The van der Waals surface area contributed by atoms with Crippen LogP contribution in [-0.4, -0.2) is 25.8 Å². The van der Waals surface area contributed by atoms with E-state index in [9.17, 15) is 0 Å². The SMILES string of the molecule is CC(C)CNCC1CCOC1CC(C)C. The van der Waals surface area contributed by atoms with Crippen molar-refractivity contribution < 1.29 is 4.74 Å². The van der Waals surface area contributed by atoms with E-state index >= 15 is 0 Å². The van der Waals surface area contributed by atoms with Crippen LogP contribution >= 0.6 is 0 Å². The normalized spacial score (nSPS) is 26.8. The number of hydrogen-bond acceptors (Lipinski definition) is 2. The highest BCUT2D eigenvalue weighted by atomic mass is 16.5. The highest BCUT2D eigenvalue weighted by Gasteiger charge is 2.28. The van der Waals surface area contributed by atoms with Crippen molar-refractivity contribution >= 4 is 0 Å². The Morgan fingerprint density at radius 3 is 2.53 bits per heavy atom. The predicted octanol–water partition coefficient (Wildman–Crippen LogP) is 2.68. The number of hydrogen-bond donors (Lipinski definition) is 1.